The average molecular weight is 277 g/mol. The molecule has 1 aromatic heterocycles. The molecule has 0 bridgehead atoms. The summed E-state index contributed by atoms with van der Waals surface area (Å²) < 4.78 is 24.4. The van der Waals surface area contributed by atoms with Gasteiger partial charge in [-0.25, -0.2) is 4.39 Å². The lowest BCUT2D eigenvalue weighted by Crippen LogP contribution is -2.18. The predicted molar refractivity (Wildman–Crippen MR) is 69.4 cm³/mol. The number of hydrogen-bond donors (Lipinski definition) is 1. The Hall–Kier alpha value is -1.79. The number of nitrogens with two attached hydrogens (primary N) is 1. The lowest BCUT2D eigenvalue weighted by atomic mass is 10.1. The lowest BCUT2D eigenvalue weighted by molar-refractivity contribution is 0.0307. The molecule has 0 amide bonds. The smallest absolute Gasteiger partial charge is 0.255 e. The minimum atomic E-state index is -0.265. The molecule has 1 fully saturated rings. The maximum absolute atomic E-state index is 13.6. The molecule has 1 aliphatic rings. The molecule has 2 aromatic rings. The molecule has 1 aromatic carbocycles. The van der Waals surface area contributed by atoms with Crippen molar-refractivity contribution in [2.75, 3.05) is 6.54 Å². The van der Waals surface area contributed by atoms with Crippen LogP contribution in [0.3, 0.4) is 0 Å². The van der Waals surface area contributed by atoms with Crippen LogP contribution in [0.2, 0.25) is 0 Å². The summed E-state index contributed by atoms with van der Waals surface area (Å²) in [4.78, 5) is 4.29. The van der Waals surface area contributed by atoms with Crippen molar-refractivity contribution in [3.8, 4) is 0 Å². The van der Waals surface area contributed by atoms with E-state index >= 15 is 0 Å². The van der Waals surface area contributed by atoms with E-state index in [1.54, 1.807) is 18.2 Å². The summed E-state index contributed by atoms with van der Waals surface area (Å²) in [6.45, 7) is 0.493. The van der Waals surface area contributed by atoms with Crippen molar-refractivity contribution in [3.63, 3.8) is 0 Å². The van der Waals surface area contributed by atoms with Crippen molar-refractivity contribution in [1.29, 1.82) is 0 Å². The zero-order valence-corrected chi connectivity index (χ0v) is 11.0. The first kappa shape index (κ1) is 13.2. The normalized spacial score (nSPS) is 22.3. The molecule has 6 heteroatoms. The number of nitrogens with zero attached hydrogens (tertiary/aromatic N) is 2. The van der Waals surface area contributed by atoms with Crippen molar-refractivity contribution < 1.29 is 13.7 Å². The highest BCUT2D eigenvalue weighted by atomic mass is 19.1. The largest absolute Gasteiger partial charge is 0.364 e. The average Bonchev–Trinajstić information content (AvgIpc) is 3.10. The highest BCUT2D eigenvalue weighted by molar-refractivity contribution is 5.20. The van der Waals surface area contributed by atoms with Gasteiger partial charge in [-0.2, -0.15) is 4.98 Å². The van der Waals surface area contributed by atoms with Crippen LogP contribution in [0.25, 0.3) is 0 Å². The molecule has 0 spiro atoms. The van der Waals surface area contributed by atoms with Gasteiger partial charge < -0.3 is 15.0 Å². The summed E-state index contributed by atoms with van der Waals surface area (Å²) in [5.74, 6) is 0.649. The Kier molecular flexibility index (Phi) is 3.75. The summed E-state index contributed by atoms with van der Waals surface area (Å²) in [5.41, 5.74) is 6.11. The number of aromatic nitrogens is 2. The highest BCUT2D eigenvalue weighted by Gasteiger charge is 2.29. The van der Waals surface area contributed by atoms with E-state index in [4.69, 9.17) is 15.0 Å². The molecule has 2 N–H and O–H groups in total. The molecule has 2 unspecified atom stereocenters. The van der Waals surface area contributed by atoms with Crippen LogP contribution in [0.1, 0.15) is 36.2 Å². The van der Waals surface area contributed by atoms with Crippen molar-refractivity contribution in [2.24, 2.45) is 5.73 Å². The number of benzene rings is 1. The SMILES string of the molecule is NCC1CCC(c2nc(Cc3ccccc3F)no2)O1. The molecule has 2 heterocycles. The van der Waals surface area contributed by atoms with Gasteiger partial charge in [0.25, 0.3) is 5.89 Å². The second kappa shape index (κ2) is 5.68. The lowest BCUT2D eigenvalue weighted by Gasteiger charge is -2.07. The Bertz CT molecular complexity index is 587. The van der Waals surface area contributed by atoms with Crippen LogP contribution in [0.15, 0.2) is 28.8 Å². The third-order valence-corrected chi connectivity index (χ3v) is 3.44. The first-order valence-electron chi connectivity index (χ1n) is 6.67. The second-order valence-electron chi connectivity index (χ2n) is 4.88. The monoisotopic (exact) mass is 277 g/mol. The zero-order chi connectivity index (χ0) is 13.9. The van der Waals surface area contributed by atoms with E-state index in [-0.39, 0.29) is 18.0 Å². The van der Waals surface area contributed by atoms with E-state index in [9.17, 15) is 4.39 Å². The standard InChI is InChI=1S/C14H16FN3O2/c15-11-4-2-1-3-9(11)7-13-17-14(20-18-13)12-6-5-10(8-16)19-12/h1-4,10,12H,5-8,16H2. The van der Waals surface area contributed by atoms with Crippen molar-refractivity contribution in [3.05, 3.63) is 47.4 Å². The van der Waals surface area contributed by atoms with Gasteiger partial charge in [-0.1, -0.05) is 23.4 Å². The van der Waals surface area contributed by atoms with Crippen molar-refractivity contribution >= 4 is 0 Å². The van der Waals surface area contributed by atoms with E-state index in [1.807, 2.05) is 0 Å². The first-order chi connectivity index (χ1) is 9.76. The summed E-state index contributed by atoms with van der Waals surface area (Å²) in [6, 6.07) is 6.56. The molecule has 3 rings (SSSR count). The Balaban J connectivity index is 1.70. The van der Waals surface area contributed by atoms with Crippen LogP contribution >= 0.6 is 0 Å². The number of ether oxygens (including phenoxy) is 1. The van der Waals surface area contributed by atoms with E-state index in [1.165, 1.54) is 6.07 Å². The van der Waals surface area contributed by atoms with E-state index < -0.39 is 0 Å². The maximum atomic E-state index is 13.6. The van der Waals surface area contributed by atoms with Gasteiger partial charge in [0.05, 0.1) is 6.10 Å². The molecular weight excluding hydrogens is 261 g/mol. The predicted octanol–water partition coefficient (Wildman–Crippen LogP) is 1.98. The van der Waals surface area contributed by atoms with Crippen molar-refractivity contribution in [2.45, 2.75) is 31.5 Å². The van der Waals surface area contributed by atoms with Gasteiger partial charge in [-0.15, -0.1) is 0 Å². The van der Waals surface area contributed by atoms with E-state index in [2.05, 4.69) is 10.1 Å². The fraction of sp³-hybridized carbons (Fsp3) is 0.429. The Morgan fingerprint density at radius 2 is 2.15 bits per heavy atom. The third kappa shape index (κ3) is 2.71. The molecule has 0 saturated carbocycles. The summed E-state index contributed by atoms with van der Waals surface area (Å²) in [7, 11) is 0. The van der Waals surface area contributed by atoms with Crippen LogP contribution in [0, 0.1) is 5.82 Å². The first-order valence-corrected chi connectivity index (χ1v) is 6.67. The van der Waals surface area contributed by atoms with Gasteiger partial charge in [0.15, 0.2) is 5.82 Å². The topological polar surface area (TPSA) is 74.2 Å². The van der Waals surface area contributed by atoms with Crippen LogP contribution in [-0.4, -0.2) is 22.8 Å². The number of hydrogen-bond acceptors (Lipinski definition) is 5. The molecule has 0 aliphatic carbocycles. The summed E-state index contributed by atoms with van der Waals surface area (Å²) >= 11 is 0. The Morgan fingerprint density at radius 1 is 1.30 bits per heavy atom. The molecule has 1 aliphatic heterocycles. The van der Waals surface area contributed by atoms with Gasteiger partial charge >= 0.3 is 0 Å². The molecule has 1 saturated heterocycles. The third-order valence-electron chi connectivity index (χ3n) is 3.44. The van der Waals surface area contributed by atoms with Gasteiger partial charge in [0, 0.05) is 13.0 Å². The number of rotatable bonds is 4. The van der Waals surface area contributed by atoms with Gasteiger partial charge in [0.1, 0.15) is 11.9 Å². The van der Waals surface area contributed by atoms with Crippen LogP contribution in [0.5, 0.6) is 0 Å². The quantitative estimate of drug-likeness (QED) is 0.925. The minimum absolute atomic E-state index is 0.0573. The van der Waals surface area contributed by atoms with Crippen LogP contribution in [0.4, 0.5) is 4.39 Å². The maximum Gasteiger partial charge on any atom is 0.255 e. The molecule has 106 valence electrons. The fourth-order valence-electron chi connectivity index (χ4n) is 2.34. The number of halogens is 1. The van der Waals surface area contributed by atoms with Gasteiger partial charge in [-0.05, 0) is 24.5 Å². The molecule has 20 heavy (non-hydrogen) atoms. The summed E-state index contributed by atoms with van der Waals surface area (Å²) in [5, 5.41) is 3.88. The Labute approximate surface area is 115 Å². The van der Waals surface area contributed by atoms with Crippen LogP contribution < -0.4 is 5.73 Å². The van der Waals surface area contributed by atoms with E-state index in [0.29, 0.717) is 30.2 Å². The second-order valence-corrected chi connectivity index (χ2v) is 4.88. The van der Waals surface area contributed by atoms with Gasteiger partial charge in [-0.3, -0.25) is 0 Å². The van der Waals surface area contributed by atoms with Gasteiger partial charge in [0.2, 0.25) is 0 Å². The molecular formula is C14H16FN3O2. The molecule has 2 atom stereocenters. The zero-order valence-electron chi connectivity index (χ0n) is 11.0. The Morgan fingerprint density at radius 3 is 2.90 bits per heavy atom. The van der Waals surface area contributed by atoms with Crippen LogP contribution in [-0.2, 0) is 11.2 Å². The highest BCUT2D eigenvalue weighted by Crippen LogP contribution is 2.31. The summed E-state index contributed by atoms with van der Waals surface area (Å²) in [6.07, 6.45) is 1.89. The molecule has 0 radical (unpaired) electrons. The van der Waals surface area contributed by atoms with Crippen molar-refractivity contribution in [1.82, 2.24) is 10.1 Å². The minimum Gasteiger partial charge on any atom is -0.364 e. The van der Waals surface area contributed by atoms with E-state index in [0.717, 1.165) is 12.8 Å². The fourth-order valence-corrected chi connectivity index (χ4v) is 2.34. The molecule has 5 nitrogen and oxygen atoms in total.